The van der Waals surface area contributed by atoms with Crippen LogP contribution < -0.4 is 10.2 Å². The smallest absolute Gasteiger partial charge is 0.371 e. The summed E-state index contributed by atoms with van der Waals surface area (Å²) in [6.07, 6.45) is -1.97. The van der Waals surface area contributed by atoms with Gasteiger partial charge in [-0.25, -0.2) is 9.97 Å². The Kier molecular flexibility index (Phi) is 12.2. The molecule has 0 radical (unpaired) electrons. The third kappa shape index (κ3) is 8.33. The number of hydrogen-bond acceptors (Lipinski definition) is 5. The van der Waals surface area contributed by atoms with Gasteiger partial charge < -0.3 is 10.2 Å². The van der Waals surface area contributed by atoms with Crippen LogP contribution in [-0.4, -0.2) is 29.8 Å². The van der Waals surface area contributed by atoms with E-state index in [1.807, 2.05) is 13.8 Å². The van der Waals surface area contributed by atoms with Crippen LogP contribution in [0.25, 0.3) is 0 Å². The highest BCUT2D eigenvalue weighted by atomic mass is 32.1. The van der Waals surface area contributed by atoms with Crippen molar-refractivity contribution in [2.24, 2.45) is 0 Å². The molecule has 0 aliphatic heterocycles. The first-order valence-electron chi connectivity index (χ1n) is 8.90. The highest BCUT2D eigenvalue weighted by molar-refractivity contribution is 7.80. The molecular formula is C19H28F4N4S. The first-order valence-corrected chi connectivity index (χ1v) is 9.54. The highest BCUT2D eigenvalue weighted by Gasteiger charge is 2.30. The van der Waals surface area contributed by atoms with Gasteiger partial charge in [0.05, 0.1) is 5.56 Å². The summed E-state index contributed by atoms with van der Waals surface area (Å²) >= 11 is 3.92. The third-order valence-corrected chi connectivity index (χ3v) is 3.74. The fourth-order valence-corrected chi connectivity index (χ4v) is 1.95. The van der Waals surface area contributed by atoms with Gasteiger partial charge in [-0.1, -0.05) is 32.9 Å². The minimum atomic E-state index is -4.37. The number of halogens is 4. The Bertz CT molecular complexity index is 677. The normalized spacial score (nSPS) is 10.2. The number of aromatic nitrogens is 2. The topological polar surface area (TPSA) is 41.1 Å². The molecule has 1 heterocycles. The number of nitrogens with one attached hydrogen (secondary N) is 1. The van der Waals surface area contributed by atoms with Crippen LogP contribution in [0.5, 0.6) is 0 Å². The van der Waals surface area contributed by atoms with Gasteiger partial charge in [0.25, 0.3) is 0 Å². The third-order valence-electron chi connectivity index (χ3n) is 3.29. The molecule has 28 heavy (non-hydrogen) atoms. The second-order valence-electron chi connectivity index (χ2n) is 5.38. The van der Waals surface area contributed by atoms with E-state index < -0.39 is 17.6 Å². The van der Waals surface area contributed by atoms with Gasteiger partial charge in [-0.2, -0.15) is 30.2 Å². The lowest BCUT2D eigenvalue weighted by Crippen LogP contribution is -2.20. The van der Waals surface area contributed by atoms with Gasteiger partial charge in [0.1, 0.15) is 6.33 Å². The summed E-state index contributed by atoms with van der Waals surface area (Å²) in [6.45, 7) is 6.32. The maximum absolute atomic E-state index is 14.1. The van der Waals surface area contributed by atoms with Crippen molar-refractivity contribution >= 4 is 24.3 Å². The number of alkyl halides is 3. The number of nitrogens with zero attached hydrogens (tertiary/aromatic N) is 3. The van der Waals surface area contributed by atoms with Crippen LogP contribution >= 0.6 is 12.6 Å². The first-order chi connectivity index (χ1) is 13.2. The van der Waals surface area contributed by atoms with Crippen molar-refractivity contribution in [3.63, 3.8) is 0 Å². The molecule has 0 amide bonds. The Morgan fingerprint density at radius 2 is 1.64 bits per heavy atom. The number of rotatable bonds is 5. The second kappa shape index (κ2) is 13.2. The maximum atomic E-state index is 14.1. The second-order valence-corrected chi connectivity index (χ2v) is 5.83. The van der Waals surface area contributed by atoms with E-state index in [1.165, 1.54) is 36.8 Å². The summed E-state index contributed by atoms with van der Waals surface area (Å²) in [5.74, 6) is 0.530. The molecule has 0 aliphatic carbocycles. The van der Waals surface area contributed by atoms with Gasteiger partial charge in [-0.15, -0.1) is 0 Å². The molecule has 0 saturated heterocycles. The van der Waals surface area contributed by atoms with Gasteiger partial charge in [-0.05, 0) is 29.9 Å². The zero-order valence-corrected chi connectivity index (χ0v) is 17.7. The van der Waals surface area contributed by atoms with Crippen LogP contribution in [0.15, 0.2) is 30.6 Å². The van der Waals surface area contributed by atoms with Crippen molar-refractivity contribution in [2.45, 2.75) is 39.9 Å². The number of thiol groups is 1. The maximum Gasteiger partial charge on any atom is 0.416 e. The SMILES string of the molecule is CC.CCCS.CNc1ncnc(N(C)Cc2ccc(C(F)(F)F)cc2)c1F. The molecule has 0 bridgehead atoms. The largest absolute Gasteiger partial charge is 0.416 e. The van der Waals surface area contributed by atoms with Gasteiger partial charge >= 0.3 is 6.18 Å². The Hall–Kier alpha value is -2.03. The van der Waals surface area contributed by atoms with Crippen LogP contribution in [0.3, 0.4) is 0 Å². The Morgan fingerprint density at radius 3 is 2.07 bits per heavy atom. The fraction of sp³-hybridized carbons (Fsp3) is 0.474. The Morgan fingerprint density at radius 1 is 1.11 bits per heavy atom. The molecule has 1 N–H and O–H groups in total. The van der Waals surface area contributed by atoms with Crippen LogP contribution in [0, 0.1) is 5.82 Å². The van der Waals surface area contributed by atoms with Crippen molar-refractivity contribution in [1.82, 2.24) is 9.97 Å². The average Bonchev–Trinajstić information content (AvgIpc) is 2.69. The van der Waals surface area contributed by atoms with Gasteiger partial charge in [-0.3, -0.25) is 0 Å². The molecular weight excluding hydrogens is 392 g/mol. The molecule has 2 aromatic rings. The van der Waals surface area contributed by atoms with Crippen LogP contribution in [0.1, 0.15) is 38.3 Å². The van der Waals surface area contributed by atoms with Gasteiger partial charge in [0, 0.05) is 20.6 Å². The summed E-state index contributed by atoms with van der Waals surface area (Å²) in [4.78, 5) is 9.10. The molecule has 9 heteroatoms. The molecule has 1 aromatic carbocycles. The molecule has 0 fully saturated rings. The predicted octanol–water partition coefficient (Wildman–Crippen LogP) is 5.67. The van der Waals surface area contributed by atoms with Crippen LogP contribution in [0.2, 0.25) is 0 Å². The Balaban J connectivity index is 0.00000108. The fourth-order valence-electron chi connectivity index (χ4n) is 1.95. The standard InChI is InChI=1S/C14H14F4N4.C3H8S.C2H6/c1-19-12-11(15)13(21-8-20-12)22(2)7-9-3-5-10(6-4-9)14(16,17)18;1-2-3-4;1-2/h3-6,8H,7H2,1-2H3,(H,19,20,21);4H,2-3H2,1H3;1-2H3. The van der Waals surface area contributed by atoms with Crippen molar-refractivity contribution in [2.75, 3.05) is 30.1 Å². The minimum absolute atomic E-state index is 0.0595. The summed E-state index contributed by atoms with van der Waals surface area (Å²) in [5.41, 5.74) is -0.107. The van der Waals surface area contributed by atoms with Crippen molar-refractivity contribution in [3.8, 4) is 0 Å². The lowest BCUT2D eigenvalue weighted by atomic mass is 10.1. The van der Waals surface area contributed by atoms with Crippen LogP contribution in [-0.2, 0) is 12.7 Å². The molecule has 1 aromatic heterocycles. The van der Waals surface area contributed by atoms with E-state index in [4.69, 9.17) is 0 Å². The average molecular weight is 421 g/mol. The first kappa shape index (κ1) is 26.0. The van der Waals surface area contributed by atoms with E-state index in [0.29, 0.717) is 5.56 Å². The van der Waals surface area contributed by atoms with E-state index >= 15 is 0 Å². The Labute approximate surface area is 169 Å². The van der Waals surface area contributed by atoms with Crippen molar-refractivity contribution in [1.29, 1.82) is 0 Å². The van der Waals surface area contributed by atoms with Crippen molar-refractivity contribution < 1.29 is 17.6 Å². The lowest BCUT2D eigenvalue weighted by molar-refractivity contribution is -0.137. The van der Waals surface area contributed by atoms with E-state index in [-0.39, 0.29) is 18.2 Å². The van der Waals surface area contributed by atoms with Gasteiger partial charge in [0.15, 0.2) is 11.6 Å². The molecule has 2 rings (SSSR count). The minimum Gasteiger partial charge on any atom is -0.371 e. The van der Waals surface area contributed by atoms with Crippen LogP contribution in [0.4, 0.5) is 29.2 Å². The molecule has 0 spiro atoms. The monoisotopic (exact) mass is 420 g/mol. The van der Waals surface area contributed by atoms with Crippen molar-refractivity contribution in [3.05, 3.63) is 47.5 Å². The zero-order chi connectivity index (χ0) is 21.7. The quantitative estimate of drug-likeness (QED) is 0.483. The lowest BCUT2D eigenvalue weighted by Gasteiger charge is -2.19. The summed E-state index contributed by atoms with van der Waals surface area (Å²) in [7, 11) is 3.13. The number of benzene rings is 1. The highest BCUT2D eigenvalue weighted by Crippen LogP contribution is 2.29. The predicted molar refractivity (Wildman–Crippen MR) is 111 cm³/mol. The summed E-state index contributed by atoms with van der Waals surface area (Å²) in [6, 6.07) is 4.71. The van der Waals surface area contributed by atoms with E-state index in [9.17, 15) is 17.6 Å². The molecule has 4 nitrogen and oxygen atoms in total. The van der Waals surface area contributed by atoms with E-state index in [1.54, 1.807) is 7.05 Å². The zero-order valence-electron chi connectivity index (χ0n) is 16.8. The van der Waals surface area contributed by atoms with E-state index in [0.717, 1.165) is 17.9 Å². The number of hydrogen-bond donors (Lipinski definition) is 2. The molecule has 0 unspecified atom stereocenters. The van der Waals surface area contributed by atoms with Gasteiger partial charge in [0.2, 0.25) is 5.82 Å². The molecule has 158 valence electrons. The summed E-state index contributed by atoms with van der Waals surface area (Å²) < 4.78 is 51.6. The van der Waals surface area contributed by atoms with E-state index in [2.05, 4.69) is 34.8 Å². The molecule has 0 saturated carbocycles. The molecule has 0 aliphatic rings. The molecule has 0 atom stereocenters. The number of anilines is 2. The summed E-state index contributed by atoms with van der Waals surface area (Å²) in [5, 5.41) is 2.60.